The summed E-state index contributed by atoms with van der Waals surface area (Å²) >= 11 is 1.52. The quantitative estimate of drug-likeness (QED) is 0.534. The van der Waals surface area contributed by atoms with Crippen LogP contribution in [0.4, 0.5) is 0 Å². The number of halogens is 2. The molecule has 19 heavy (non-hydrogen) atoms. The van der Waals surface area contributed by atoms with E-state index in [-0.39, 0.29) is 24.8 Å². The molecule has 0 fully saturated rings. The van der Waals surface area contributed by atoms with Crippen LogP contribution >= 0.6 is 24.8 Å². The van der Waals surface area contributed by atoms with Crippen molar-refractivity contribution < 1.29 is 29.1 Å². The number of hydrogen-bond donors (Lipinski definition) is 0. The summed E-state index contributed by atoms with van der Waals surface area (Å²) in [4.78, 5) is 0. The van der Waals surface area contributed by atoms with Crippen LogP contribution in [0.5, 0.6) is 0 Å². The van der Waals surface area contributed by atoms with E-state index in [1.807, 2.05) is 0 Å². The second-order valence-electron chi connectivity index (χ2n) is 5.90. The molecule has 5 heteroatoms. The predicted octanol–water partition coefficient (Wildman–Crippen LogP) is 5.74. The molecule has 1 aliphatic rings. The van der Waals surface area contributed by atoms with Crippen LogP contribution in [0, 0.1) is 0 Å². The minimum Gasteiger partial charge on any atom is -0.147 e. The average Bonchev–Trinajstić information content (AvgIpc) is 2.58. The van der Waals surface area contributed by atoms with E-state index in [0.29, 0.717) is 16.6 Å². The molecule has 0 heterocycles. The Hall–Kier alpha value is 0.960. The molecule has 1 aliphatic carbocycles. The van der Waals surface area contributed by atoms with Crippen LogP contribution in [0.15, 0.2) is 21.2 Å². The molecule has 0 aromatic heterocycles. The van der Waals surface area contributed by atoms with E-state index in [0.717, 1.165) is 12.2 Å². The zero-order valence-corrected chi connectivity index (χ0v) is 17.9. The molecular formula is C14H27Cl2OSiZr. The van der Waals surface area contributed by atoms with Gasteiger partial charge in [0.1, 0.15) is 0 Å². The normalized spacial score (nSPS) is 14.9. The van der Waals surface area contributed by atoms with Gasteiger partial charge in [-0.05, 0) is 0 Å². The van der Waals surface area contributed by atoms with E-state index in [1.165, 1.54) is 28.0 Å². The van der Waals surface area contributed by atoms with Gasteiger partial charge >= 0.3 is 123 Å². The fraction of sp³-hybridized carbons (Fsp3) is 0.714. The molecule has 0 bridgehead atoms. The van der Waals surface area contributed by atoms with Crippen molar-refractivity contribution >= 4 is 33.1 Å². The molecule has 0 N–H and O–H groups in total. The summed E-state index contributed by atoms with van der Waals surface area (Å²) in [5.74, 6) is 1.15. The summed E-state index contributed by atoms with van der Waals surface area (Å²) in [7, 11) is -1.73. The Morgan fingerprint density at radius 2 is 1.42 bits per heavy atom. The van der Waals surface area contributed by atoms with Crippen molar-refractivity contribution in [2.75, 3.05) is 0 Å². The van der Waals surface area contributed by atoms with Gasteiger partial charge in [-0.25, -0.2) is 0 Å². The zero-order chi connectivity index (χ0) is 13.2. The third-order valence-electron chi connectivity index (χ3n) is 3.84. The molecule has 0 spiro atoms. The number of rotatable bonds is 5. The zero-order valence-electron chi connectivity index (χ0n) is 12.8. The minimum absolute atomic E-state index is 0. The Morgan fingerprint density at radius 1 is 1.00 bits per heavy atom. The molecule has 0 saturated carbocycles. The van der Waals surface area contributed by atoms with Crippen molar-refractivity contribution in [3.63, 3.8) is 0 Å². The van der Waals surface area contributed by atoms with Crippen molar-refractivity contribution in [1.82, 2.24) is 0 Å². The number of hydrogen-bond acceptors (Lipinski definition) is 1. The van der Waals surface area contributed by atoms with Crippen LogP contribution in [0.1, 0.15) is 48.0 Å². The van der Waals surface area contributed by atoms with Crippen LogP contribution < -0.4 is 0 Å². The molecule has 0 aromatic rings. The van der Waals surface area contributed by atoms with E-state index in [4.69, 9.17) is 4.43 Å². The van der Waals surface area contributed by atoms with E-state index in [1.54, 1.807) is 0 Å². The topological polar surface area (TPSA) is 9.23 Å². The Morgan fingerprint density at radius 3 is 1.68 bits per heavy atom. The van der Waals surface area contributed by atoms with Gasteiger partial charge in [0, 0.05) is 0 Å². The van der Waals surface area contributed by atoms with Gasteiger partial charge in [-0.3, -0.25) is 0 Å². The summed E-state index contributed by atoms with van der Waals surface area (Å²) in [6.07, 6.45) is 5.62. The Kier molecular flexibility index (Phi) is 10.6. The average molecular weight is 402 g/mol. The Labute approximate surface area is 147 Å². The third-order valence-corrected chi connectivity index (χ3v) is 10.7. The Balaban J connectivity index is 0. The SMILES string of the molecule is CC(C)[Si](OC1=CC[C]([Zr])=C1)(C(C)C)C(C)C.Cl.Cl. The first-order valence-corrected chi connectivity index (χ1v) is 9.99. The van der Waals surface area contributed by atoms with Crippen molar-refractivity contribution in [1.29, 1.82) is 0 Å². The predicted molar refractivity (Wildman–Crippen MR) is 87.4 cm³/mol. The van der Waals surface area contributed by atoms with E-state index >= 15 is 0 Å². The largest absolute Gasteiger partial charge is 0.147 e. The van der Waals surface area contributed by atoms with Gasteiger partial charge in [0.05, 0.1) is 0 Å². The molecule has 0 aromatic carbocycles. The van der Waals surface area contributed by atoms with Gasteiger partial charge < -0.3 is 0 Å². The molecule has 0 unspecified atom stereocenters. The first-order chi connectivity index (χ1) is 7.80. The van der Waals surface area contributed by atoms with Crippen molar-refractivity contribution in [2.24, 2.45) is 0 Å². The maximum absolute atomic E-state index is 6.59. The van der Waals surface area contributed by atoms with Gasteiger partial charge in [-0.1, -0.05) is 0 Å². The smallest absolute Gasteiger partial charge is 0.147 e. The molecule has 0 amide bonds. The van der Waals surface area contributed by atoms with Crippen LogP contribution in [0.3, 0.4) is 0 Å². The van der Waals surface area contributed by atoms with Gasteiger partial charge in [-0.2, -0.15) is 0 Å². The van der Waals surface area contributed by atoms with Gasteiger partial charge in [0.2, 0.25) is 0 Å². The minimum atomic E-state index is -1.73. The fourth-order valence-electron chi connectivity index (χ4n) is 3.13. The van der Waals surface area contributed by atoms with Crippen molar-refractivity contribution in [2.45, 2.75) is 64.6 Å². The van der Waals surface area contributed by atoms with Gasteiger partial charge in [-0.15, -0.1) is 24.8 Å². The van der Waals surface area contributed by atoms with Crippen LogP contribution in [0.2, 0.25) is 16.6 Å². The standard InChI is InChI=1S/C14H25OSi.2ClH.Zr/c1-11(2)16(12(3)4,13(5)6)15-14-9-7-8-10-14;;;/h9-13H,7H2,1-6H3;2*1H;. The van der Waals surface area contributed by atoms with Crippen LogP contribution in [-0.2, 0) is 29.1 Å². The monoisotopic (exact) mass is 399 g/mol. The molecule has 0 atom stereocenters. The van der Waals surface area contributed by atoms with Crippen molar-refractivity contribution in [3.8, 4) is 0 Å². The molecule has 0 saturated heterocycles. The number of allylic oxidation sites excluding steroid dienone is 3. The summed E-state index contributed by atoms with van der Waals surface area (Å²) in [6.45, 7) is 14.0. The molecule has 1 rings (SSSR count). The van der Waals surface area contributed by atoms with Crippen LogP contribution in [0.25, 0.3) is 0 Å². The van der Waals surface area contributed by atoms with E-state index in [2.05, 4.69) is 53.7 Å². The Bertz CT molecular complexity index is 317. The van der Waals surface area contributed by atoms with E-state index in [9.17, 15) is 0 Å². The summed E-state index contributed by atoms with van der Waals surface area (Å²) in [6, 6.07) is 0. The molecule has 0 radical (unpaired) electrons. The van der Waals surface area contributed by atoms with E-state index < -0.39 is 8.32 Å². The molecule has 1 nitrogen and oxygen atoms in total. The maximum atomic E-state index is 6.59. The fourth-order valence-corrected chi connectivity index (χ4v) is 8.99. The maximum Gasteiger partial charge on any atom is -0.147 e. The van der Waals surface area contributed by atoms with Crippen LogP contribution in [-0.4, -0.2) is 8.32 Å². The molecular weight excluding hydrogens is 374 g/mol. The second-order valence-corrected chi connectivity index (χ2v) is 12.9. The summed E-state index contributed by atoms with van der Waals surface area (Å²) in [5.41, 5.74) is 1.97. The van der Waals surface area contributed by atoms with Gasteiger partial charge in [0.25, 0.3) is 0 Å². The summed E-state index contributed by atoms with van der Waals surface area (Å²) in [5, 5.41) is 0. The summed E-state index contributed by atoms with van der Waals surface area (Å²) < 4.78 is 8.10. The molecule has 111 valence electrons. The van der Waals surface area contributed by atoms with Crippen molar-refractivity contribution in [3.05, 3.63) is 21.2 Å². The third kappa shape index (κ3) is 5.02. The second kappa shape index (κ2) is 9.07. The van der Waals surface area contributed by atoms with Gasteiger partial charge in [0.15, 0.2) is 0 Å². The first-order valence-electron chi connectivity index (χ1n) is 6.62. The first kappa shape index (κ1) is 22.2. The molecule has 0 aliphatic heterocycles.